The molecule has 4 bridgehead atoms. The van der Waals surface area contributed by atoms with E-state index >= 15 is 0 Å². The van der Waals surface area contributed by atoms with Crippen LogP contribution in [0, 0.1) is 23.7 Å². The largest absolute Gasteiger partial charge is 0.208 e. The number of rotatable bonds is 4. The van der Waals surface area contributed by atoms with E-state index in [9.17, 15) is 0 Å². The predicted octanol–water partition coefficient (Wildman–Crippen LogP) is 12.6. The fourth-order valence-electron chi connectivity index (χ4n) is 11.8. The van der Waals surface area contributed by atoms with Gasteiger partial charge in [-0.3, -0.25) is 0 Å². The van der Waals surface area contributed by atoms with Crippen LogP contribution >= 0.6 is 0 Å². The standard InChI is InChI=1S/C51H39N3/c1-3-11-33(12-4-1)39-21-22-43(42-18-10-9-17-41(39)42)50-53-48(35-14-5-2-6-15-35)52-49(54-50)36-20-23-45-44(30-36)47-40-16-8-7-13-34(40)19-24-46(47)51(45)37-26-31-25-32(28-37)29-38(51)27-31/h1-24,30-32,37-38H,25-29H2. The van der Waals surface area contributed by atoms with Crippen LogP contribution in [-0.4, -0.2) is 15.0 Å². The Morgan fingerprint density at radius 1 is 0.389 bits per heavy atom. The Balaban J connectivity index is 1.08. The van der Waals surface area contributed by atoms with E-state index in [2.05, 4.69) is 146 Å². The van der Waals surface area contributed by atoms with Crippen LogP contribution in [0.2, 0.25) is 0 Å². The molecule has 3 nitrogen and oxygen atoms in total. The van der Waals surface area contributed by atoms with Gasteiger partial charge in [-0.1, -0.05) is 140 Å². The molecule has 13 rings (SSSR count). The lowest BCUT2D eigenvalue weighted by Crippen LogP contribution is -2.55. The van der Waals surface area contributed by atoms with Gasteiger partial charge in [-0.05, 0) is 123 Å². The minimum atomic E-state index is 0.0967. The summed E-state index contributed by atoms with van der Waals surface area (Å²) in [5.41, 5.74) is 11.5. The van der Waals surface area contributed by atoms with Crippen LogP contribution in [0.25, 0.3) is 78.0 Å². The maximum absolute atomic E-state index is 5.35. The van der Waals surface area contributed by atoms with Gasteiger partial charge in [-0.25, -0.2) is 15.0 Å². The van der Waals surface area contributed by atoms with E-state index < -0.39 is 0 Å². The molecule has 0 radical (unpaired) electrons. The molecule has 7 aromatic carbocycles. The molecule has 3 heteroatoms. The Hall–Kier alpha value is -5.93. The first kappa shape index (κ1) is 30.5. The Morgan fingerprint density at radius 2 is 0.944 bits per heavy atom. The molecule has 0 aliphatic heterocycles. The molecule has 0 amide bonds. The Kier molecular flexibility index (Phi) is 6.52. The Morgan fingerprint density at radius 3 is 1.67 bits per heavy atom. The molecule has 5 aliphatic carbocycles. The summed E-state index contributed by atoms with van der Waals surface area (Å²) in [6.45, 7) is 0. The maximum Gasteiger partial charge on any atom is 0.164 e. The quantitative estimate of drug-likeness (QED) is 0.184. The van der Waals surface area contributed by atoms with E-state index in [1.807, 2.05) is 6.07 Å². The summed E-state index contributed by atoms with van der Waals surface area (Å²) in [5.74, 6) is 5.33. The van der Waals surface area contributed by atoms with Crippen molar-refractivity contribution in [2.24, 2.45) is 23.7 Å². The average molecular weight is 694 g/mol. The van der Waals surface area contributed by atoms with Crippen LogP contribution in [0.5, 0.6) is 0 Å². The van der Waals surface area contributed by atoms with Crippen LogP contribution in [-0.2, 0) is 5.41 Å². The monoisotopic (exact) mass is 693 g/mol. The van der Waals surface area contributed by atoms with Crippen molar-refractivity contribution >= 4 is 21.5 Å². The van der Waals surface area contributed by atoms with Crippen LogP contribution in [0.15, 0.2) is 152 Å². The molecule has 1 spiro atoms. The highest BCUT2D eigenvalue weighted by molar-refractivity contribution is 6.05. The van der Waals surface area contributed by atoms with E-state index in [1.165, 1.54) is 70.5 Å². The van der Waals surface area contributed by atoms with Gasteiger partial charge >= 0.3 is 0 Å². The van der Waals surface area contributed by atoms with Gasteiger partial charge in [0.15, 0.2) is 17.5 Å². The van der Waals surface area contributed by atoms with Crippen LogP contribution in [0.4, 0.5) is 0 Å². The molecule has 0 unspecified atom stereocenters. The molecule has 4 fully saturated rings. The second-order valence-corrected chi connectivity index (χ2v) is 16.4. The molecule has 0 atom stereocenters. The van der Waals surface area contributed by atoms with E-state index in [0.29, 0.717) is 29.3 Å². The molecule has 258 valence electrons. The summed E-state index contributed by atoms with van der Waals surface area (Å²) < 4.78 is 0. The van der Waals surface area contributed by atoms with Crippen molar-refractivity contribution in [2.75, 3.05) is 0 Å². The Labute approximate surface area is 315 Å². The Bertz CT molecular complexity index is 2760. The minimum Gasteiger partial charge on any atom is -0.208 e. The van der Waals surface area contributed by atoms with Crippen molar-refractivity contribution in [3.05, 3.63) is 163 Å². The molecule has 0 N–H and O–H groups in total. The van der Waals surface area contributed by atoms with Gasteiger partial charge in [-0.15, -0.1) is 0 Å². The third-order valence-corrected chi connectivity index (χ3v) is 13.7. The topological polar surface area (TPSA) is 38.7 Å². The van der Waals surface area contributed by atoms with E-state index in [4.69, 9.17) is 15.0 Å². The lowest BCUT2D eigenvalue weighted by atomic mass is 9.43. The number of benzene rings is 7. The molecular formula is C51H39N3. The predicted molar refractivity (Wildman–Crippen MR) is 220 cm³/mol. The SMILES string of the molecule is c1ccc(-c2nc(-c3ccc4c(c3)-c3c(ccc5ccccc35)C43C4CC5CC(C4)CC3C5)nc(-c3ccc(-c4ccccc4)c4ccccc34)n2)cc1. The third-order valence-electron chi connectivity index (χ3n) is 13.7. The molecule has 5 aliphatic rings. The molecule has 8 aromatic rings. The molecular weight excluding hydrogens is 655 g/mol. The number of hydrogen-bond donors (Lipinski definition) is 0. The zero-order valence-electron chi connectivity index (χ0n) is 30.1. The zero-order chi connectivity index (χ0) is 35.4. The fraction of sp³-hybridized carbons (Fsp3) is 0.196. The van der Waals surface area contributed by atoms with Crippen molar-refractivity contribution in [3.8, 4) is 56.4 Å². The maximum atomic E-state index is 5.35. The molecule has 54 heavy (non-hydrogen) atoms. The first-order valence-electron chi connectivity index (χ1n) is 19.8. The van der Waals surface area contributed by atoms with E-state index in [1.54, 1.807) is 11.1 Å². The summed E-state index contributed by atoms with van der Waals surface area (Å²) in [6.07, 6.45) is 6.93. The van der Waals surface area contributed by atoms with Gasteiger partial charge in [0, 0.05) is 22.1 Å². The van der Waals surface area contributed by atoms with Gasteiger partial charge in [0.05, 0.1) is 0 Å². The van der Waals surface area contributed by atoms with Gasteiger partial charge in [0.2, 0.25) is 0 Å². The lowest BCUT2D eigenvalue weighted by molar-refractivity contribution is -0.0399. The number of nitrogens with zero attached hydrogens (tertiary/aromatic N) is 3. The van der Waals surface area contributed by atoms with Crippen LogP contribution < -0.4 is 0 Å². The molecule has 0 saturated heterocycles. The van der Waals surface area contributed by atoms with Gasteiger partial charge in [0.25, 0.3) is 0 Å². The van der Waals surface area contributed by atoms with Gasteiger partial charge in [-0.2, -0.15) is 0 Å². The van der Waals surface area contributed by atoms with Crippen LogP contribution in [0.1, 0.15) is 43.2 Å². The number of hydrogen-bond acceptors (Lipinski definition) is 3. The van der Waals surface area contributed by atoms with Crippen LogP contribution in [0.3, 0.4) is 0 Å². The summed E-state index contributed by atoms with van der Waals surface area (Å²) >= 11 is 0. The summed E-state index contributed by atoms with van der Waals surface area (Å²) in [4.78, 5) is 15.8. The number of aromatic nitrogens is 3. The number of fused-ring (bicyclic) bond motifs is 6. The molecule has 1 aromatic heterocycles. The van der Waals surface area contributed by atoms with Crippen molar-refractivity contribution < 1.29 is 0 Å². The van der Waals surface area contributed by atoms with Crippen molar-refractivity contribution in [2.45, 2.75) is 37.5 Å². The molecule has 1 heterocycles. The zero-order valence-corrected chi connectivity index (χ0v) is 30.1. The van der Waals surface area contributed by atoms with E-state index in [0.717, 1.165) is 33.9 Å². The highest BCUT2D eigenvalue weighted by Gasteiger charge is 2.61. The normalized spacial score (nSPS) is 23.3. The second-order valence-electron chi connectivity index (χ2n) is 16.4. The summed E-state index contributed by atoms with van der Waals surface area (Å²) in [6, 6.07) is 55.2. The fourth-order valence-corrected chi connectivity index (χ4v) is 11.8. The van der Waals surface area contributed by atoms with Gasteiger partial charge < -0.3 is 0 Å². The average Bonchev–Trinajstić information content (AvgIpc) is 3.53. The second kappa shape index (κ2) is 11.5. The van der Waals surface area contributed by atoms with Gasteiger partial charge in [0.1, 0.15) is 0 Å². The first-order valence-corrected chi connectivity index (χ1v) is 19.8. The highest BCUT2D eigenvalue weighted by Crippen LogP contribution is 2.70. The highest BCUT2D eigenvalue weighted by atomic mass is 15.0. The van der Waals surface area contributed by atoms with E-state index in [-0.39, 0.29) is 5.41 Å². The molecule has 4 saturated carbocycles. The van der Waals surface area contributed by atoms with Crippen molar-refractivity contribution in [1.29, 1.82) is 0 Å². The summed E-state index contributed by atoms with van der Waals surface area (Å²) in [5, 5.41) is 5.00. The first-order chi connectivity index (χ1) is 26.7. The third kappa shape index (κ3) is 4.33. The lowest BCUT2D eigenvalue weighted by Gasteiger charge is -2.61. The van der Waals surface area contributed by atoms with Crippen molar-refractivity contribution in [3.63, 3.8) is 0 Å². The minimum absolute atomic E-state index is 0.0967. The summed E-state index contributed by atoms with van der Waals surface area (Å²) in [7, 11) is 0. The smallest absolute Gasteiger partial charge is 0.164 e. The van der Waals surface area contributed by atoms with Crippen molar-refractivity contribution in [1.82, 2.24) is 15.0 Å².